The van der Waals surface area contributed by atoms with Gasteiger partial charge in [-0.2, -0.15) is 0 Å². The third-order valence-corrected chi connectivity index (χ3v) is 5.28. The number of hydrogen-bond donors (Lipinski definition) is 2. The van der Waals surface area contributed by atoms with Gasteiger partial charge in [-0.15, -0.1) is 24.0 Å². The molecule has 150 valence electrons. The fourth-order valence-electron chi connectivity index (χ4n) is 3.08. The number of halogens is 1. The lowest BCUT2D eigenvalue weighted by atomic mass is 9.83. The highest BCUT2D eigenvalue weighted by molar-refractivity contribution is 14.0. The first-order valence-corrected chi connectivity index (χ1v) is 9.42. The van der Waals surface area contributed by atoms with E-state index in [0.29, 0.717) is 6.54 Å². The molecule has 7 nitrogen and oxygen atoms in total. The van der Waals surface area contributed by atoms with E-state index in [1.807, 2.05) is 6.07 Å². The number of aliphatic hydroxyl groups excluding tert-OH is 1. The van der Waals surface area contributed by atoms with Crippen molar-refractivity contribution in [2.24, 2.45) is 10.4 Å². The fraction of sp³-hybridized carbons (Fsp3) is 0.778. The number of nitrogens with zero attached hydrogens (tertiary/aromatic N) is 4. The number of piperazine rings is 1. The maximum absolute atomic E-state index is 9.76. The molecule has 2 rings (SSSR count). The molecule has 0 amide bonds. The van der Waals surface area contributed by atoms with E-state index in [-0.39, 0.29) is 36.0 Å². The molecule has 1 aliphatic heterocycles. The van der Waals surface area contributed by atoms with Gasteiger partial charge in [-0.3, -0.25) is 9.89 Å². The summed E-state index contributed by atoms with van der Waals surface area (Å²) in [4.78, 5) is 9.55. The smallest absolute Gasteiger partial charge is 0.194 e. The van der Waals surface area contributed by atoms with Gasteiger partial charge in [0.05, 0.1) is 18.8 Å². The molecule has 1 aliphatic rings. The molecule has 2 N–H and O–H groups in total. The third-order valence-electron chi connectivity index (χ3n) is 5.28. The Morgan fingerprint density at radius 2 is 1.96 bits per heavy atom. The van der Waals surface area contributed by atoms with Crippen molar-refractivity contribution >= 4 is 29.9 Å². The summed E-state index contributed by atoms with van der Waals surface area (Å²) in [5.41, 5.74) is 0.878. The lowest BCUT2D eigenvalue weighted by molar-refractivity contribution is 0.122. The van der Waals surface area contributed by atoms with Gasteiger partial charge < -0.3 is 19.8 Å². The van der Waals surface area contributed by atoms with Crippen molar-refractivity contribution < 1.29 is 9.63 Å². The summed E-state index contributed by atoms with van der Waals surface area (Å²) in [5, 5.41) is 17.2. The van der Waals surface area contributed by atoms with Crippen LogP contribution in [0.1, 0.15) is 39.3 Å². The zero-order chi connectivity index (χ0) is 18.1. The van der Waals surface area contributed by atoms with Gasteiger partial charge in [-0.1, -0.05) is 19.0 Å². The quantitative estimate of drug-likeness (QED) is 0.338. The summed E-state index contributed by atoms with van der Waals surface area (Å²) in [7, 11) is 0. The van der Waals surface area contributed by atoms with Crippen LogP contribution in [0.5, 0.6) is 0 Å². The number of rotatable bonds is 8. The molecule has 26 heavy (non-hydrogen) atoms. The Hall–Kier alpha value is -0.870. The molecular weight excluding hydrogens is 445 g/mol. The normalized spacial score (nSPS) is 16.5. The minimum Gasteiger partial charge on any atom is -0.396 e. The Bertz CT molecular complexity index is 503. The molecule has 0 saturated carbocycles. The van der Waals surface area contributed by atoms with Crippen LogP contribution in [-0.4, -0.2) is 71.9 Å². The molecule has 1 aromatic rings. The highest BCUT2D eigenvalue weighted by Gasteiger charge is 2.26. The van der Waals surface area contributed by atoms with Crippen molar-refractivity contribution in [2.45, 2.75) is 40.2 Å². The van der Waals surface area contributed by atoms with Gasteiger partial charge in [-0.05, 0) is 19.8 Å². The molecule has 8 heteroatoms. The lowest BCUT2D eigenvalue weighted by Crippen LogP contribution is -2.52. The summed E-state index contributed by atoms with van der Waals surface area (Å²) in [6.45, 7) is 12.7. The van der Waals surface area contributed by atoms with E-state index in [2.05, 4.69) is 41.0 Å². The highest BCUT2D eigenvalue weighted by Crippen LogP contribution is 2.26. The van der Waals surface area contributed by atoms with E-state index in [9.17, 15) is 5.11 Å². The van der Waals surface area contributed by atoms with Crippen LogP contribution in [0.25, 0.3) is 0 Å². The Labute approximate surface area is 174 Å². The Kier molecular flexibility index (Phi) is 10.5. The van der Waals surface area contributed by atoms with E-state index < -0.39 is 0 Å². The largest absolute Gasteiger partial charge is 0.396 e. The molecule has 2 heterocycles. The van der Waals surface area contributed by atoms with Gasteiger partial charge in [0.25, 0.3) is 0 Å². The van der Waals surface area contributed by atoms with Crippen LogP contribution in [0.15, 0.2) is 21.8 Å². The van der Waals surface area contributed by atoms with Crippen LogP contribution in [-0.2, 0) is 6.54 Å². The minimum atomic E-state index is -0.102. The number of aliphatic hydroxyl groups is 1. The number of aromatic nitrogens is 1. The highest BCUT2D eigenvalue weighted by atomic mass is 127. The molecule has 1 fully saturated rings. The second-order valence-electron chi connectivity index (χ2n) is 6.79. The molecule has 0 aromatic carbocycles. The minimum absolute atomic E-state index is 0. The Balaban J connectivity index is 0.00000338. The van der Waals surface area contributed by atoms with E-state index in [1.165, 1.54) is 0 Å². The van der Waals surface area contributed by atoms with Crippen LogP contribution in [0, 0.1) is 5.41 Å². The van der Waals surface area contributed by atoms with E-state index in [0.717, 1.165) is 63.8 Å². The first kappa shape index (κ1) is 23.2. The topological polar surface area (TPSA) is 77.1 Å². The molecule has 0 spiro atoms. The second kappa shape index (κ2) is 11.8. The predicted octanol–water partition coefficient (Wildman–Crippen LogP) is 2.17. The third kappa shape index (κ3) is 6.38. The van der Waals surface area contributed by atoms with E-state index in [1.54, 1.807) is 6.26 Å². The maximum Gasteiger partial charge on any atom is 0.194 e. The summed E-state index contributed by atoms with van der Waals surface area (Å²) < 4.78 is 4.91. The summed E-state index contributed by atoms with van der Waals surface area (Å²) in [6.07, 6.45) is 3.50. The molecule has 0 aliphatic carbocycles. The summed E-state index contributed by atoms with van der Waals surface area (Å²) in [5.74, 6) is 0.961. The van der Waals surface area contributed by atoms with Gasteiger partial charge in [0.15, 0.2) is 5.96 Å². The standard InChI is InChI=1S/C18H33N5O2.HI/c1-4-18(5-2,15-24)14-20-17(19-6-3)23-10-8-22(9-11-23)13-16-7-12-25-21-16;/h7,12,24H,4-6,8-11,13-15H2,1-3H3,(H,19,20);1H. The summed E-state index contributed by atoms with van der Waals surface area (Å²) >= 11 is 0. The first-order chi connectivity index (χ1) is 12.2. The maximum atomic E-state index is 9.76. The Morgan fingerprint density at radius 1 is 1.27 bits per heavy atom. The van der Waals surface area contributed by atoms with E-state index in [4.69, 9.17) is 9.52 Å². The zero-order valence-electron chi connectivity index (χ0n) is 16.3. The van der Waals surface area contributed by atoms with Crippen molar-refractivity contribution in [3.8, 4) is 0 Å². The Morgan fingerprint density at radius 3 is 2.46 bits per heavy atom. The number of guanidine groups is 1. The van der Waals surface area contributed by atoms with Crippen molar-refractivity contribution in [1.29, 1.82) is 0 Å². The average molecular weight is 479 g/mol. The van der Waals surface area contributed by atoms with Crippen LogP contribution in [0.2, 0.25) is 0 Å². The van der Waals surface area contributed by atoms with Gasteiger partial charge >= 0.3 is 0 Å². The monoisotopic (exact) mass is 479 g/mol. The predicted molar refractivity (Wildman–Crippen MR) is 115 cm³/mol. The second-order valence-corrected chi connectivity index (χ2v) is 6.79. The van der Waals surface area contributed by atoms with Gasteiger partial charge in [0, 0.05) is 50.7 Å². The van der Waals surface area contributed by atoms with Crippen LogP contribution >= 0.6 is 24.0 Å². The number of nitrogens with one attached hydrogen (secondary N) is 1. The molecule has 0 atom stereocenters. The van der Waals surface area contributed by atoms with Gasteiger partial charge in [0.2, 0.25) is 0 Å². The number of hydrogen-bond acceptors (Lipinski definition) is 5. The number of aliphatic imine (C=N–C) groups is 1. The van der Waals surface area contributed by atoms with E-state index >= 15 is 0 Å². The van der Waals surface area contributed by atoms with Crippen LogP contribution in [0.3, 0.4) is 0 Å². The van der Waals surface area contributed by atoms with Crippen molar-refractivity contribution in [3.63, 3.8) is 0 Å². The molecule has 1 saturated heterocycles. The molecular formula is C18H34IN5O2. The van der Waals surface area contributed by atoms with Gasteiger partial charge in [-0.25, -0.2) is 0 Å². The van der Waals surface area contributed by atoms with Crippen LogP contribution < -0.4 is 5.32 Å². The van der Waals surface area contributed by atoms with Crippen molar-refractivity contribution in [3.05, 3.63) is 18.0 Å². The molecule has 1 aromatic heterocycles. The SMILES string of the molecule is CCNC(=NCC(CC)(CC)CO)N1CCN(Cc2ccon2)CC1.I. The zero-order valence-corrected chi connectivity index (χ0v) is 18.6. The molecule has 0 bridgehead atoms. The fourth-order valence-corrected chi connectivity index (χ4v) is 3.08. The first-order valence-electron chi connectivity index (χ1n) is 9.42. The van der Waals surface area contributed by atoms with Crippen LogP contribution in [0.4, 0.5) is 0 Å². The van der Waals surface area contributed by atoms with Crippen molar-refractivity contribution in [1.82, 2.24) is 20.3 Å². The molecule has 0 radical (unpaired) electrons. The molecule has 0 unspecified atom stereocenters. The average Bonchev–Trinajstić information content (AvgIpc) is 3.16. The van der Waals surface area contributed by atoms with Crippen molar-refractivity contribution in [2.75, 3.05) is 45.9 Å². The lowest BCUT2D eigenvalue weighted by Gasteiger charge is -2.37. The summed E-state index contributed by atoms with van der Waals surface area (Å²) in [6, 6.07) is 1.92. The van der Waals surface area contributed by atoms with Gasteiger partial charge in [0.1, 0.15) is 6.26 Å².